The van der Waals surface area contributed by atoms with E-state index in [4.69, 9.17) is 4.74 Å². The Balaban J connectivity index is 2.40. The molecule has 0 N–H and O–H groups in total. The third-order valence-corrected chi connectivity index (χ3v) is 3.14. The highest BCUT2D eigenvalue weighted by Crippen LogP contribution is 2.33. The molecule has 2 rings (SSSR count). The number of alkyl halides is 1. The van der Waals surface area contributed by atoms with Gasteiger partial charge in [-0.25, -0.2) is 8.78 Å². The molecule has 0 aliphatic heterocycles. The monoisotopic (exact) mass is 343 g/mol. The minimum absolute atomic E-state index is 0.106. The number of nitro groups is 1. The highest BCUT2D eigenvalue weighted by atomic mass is 79.9. The van der Waals surface area contributed by atoms with Gasteiger partial charge in [0.2, 0.25) is 5.75 Å². The summed E-state index contributed by atoms with van der Waals surface area (Å²) in [5.74, 6) is -2.06. The van der Waals surface area contributed by atoms with Crippen LogP contribution in [0.4, 0.5) is 14.5 Å². The van der Waals surface area contributed by atoms with Gasteiger partial charge in [0.1, 0.15) is 5.82 Å². The van der Waals surface area contributed by atoms with Crippen molar-refractivity contribution in [3.8, 4) is 11.5 Å². The van der Waals surface area contributed by atoms with Gasteiger partial charge in [-0.3, -0.25) is 10.1 Å². The van der Waals surface area contributed by atoms with Crippen LogP contribution in [-0.4, -0.2) is 4.92 Å². The molecule has 0 radical (unpaired) electrons. The summed E-state index contributed by atoms with van der Waals surface area (Å²) < 4.78 is 31.4. The van der Waals surface area contributed by atoms with Crippen molar-refractivity contribution >= 4 is 21.6 Å². The lowest BCUT2D eigenvalue weighted by Crippen LogP contribution is -1.96. The largest absolute Gasteiger partial charge is 0.447 e. The molecule has 0 aliphatic carbocycles. The Labute approximate surface area is 121 Å². The Kier molecular flexibility index (Phi) is 4.29. The van der Waals surface area contributed by atoms with Crippen LogP contribution in [0.3, 0.4) is 0 Å². The van der Waals surface area contributed by atoms with Gasteiger partial charge in [-0.15, -0.1) is 0 Å². The summed E-state index contributed by atoms with van der Waals surface area (Å²) in [5.41, 5.74) is 0.398. The fraction of sp³-hybridized carbons (Fsp3) is 0.0769. The summed E-state index contributed by atoms with van der Waals surface area (Å²) in [6, 6.07) is 7.04. The number of halogens is 3. The lowest BCUT2D eigenvalue weighted by atomic mass is 10.2. The van der Waals surface area contributed by atoms with Crippen molar-refractivity contribution in [2.24, 2.45) is 0 Å². The second-order valence-electron chi connectivity index (χ2n) is 3.87. The van der Waals surface area contributed by atoms with Crippen molar-refractivity contribution in [3.05, 3.63) is 63.7 Å². The Morgan fingerprint density at radius 1 is 1.15 bits per heavy atom. The van der Waals surface area contributed by atoms with E-state index in [1.54, 1.807) is 6.07 Å². The molecule has 0 amide bonds. The molecular weight excluding hydrogens is 336 g/mol. The molecule has 0 aromatic heterocycles. The number of ether oxygens (including phenoxy) is 1. The highest BCUT2D eigenvalue weighted by Gasteiger charge is 2.18. The van der Waals surface area contributed by atoms with Crippen molar-refractivity contribution in [1.82, 2.24) is 0 Å². The van der Waals surface area contributed by atoms with Crippen LogP contribution in [0.1, 0.15) is 5.56 Å². The van der Waals surface area contributed by atoms with Crippen LogP contribution in [0.25, 0.3) is 0 Å². The minimum atomic E-state index is -0.927. The molecule has 20 heavy (non-hydrogen) atoms. The van der Waals surface area contributed by atoms with Crippen LogP contribution in [0.2, 0.25) is 0 Å². The van der Waals surface area contributed by atoms with Gasteiger partial charge in [0, 0.05) is 17.5 Å². The summed E-state index contributed by atoms with van der Waals surface area (Å²) in [4.78, 5) is 10.4. The van der Waals surface area contributed by atoms with Crippen LogP contribution < -0.4 is 4.74 Å². The zero-order valence-electron chi connectivity index (χ0n) is 9.98. The maximum Gasteiger partial charge on any atom is 0.311 e. The van der Waals surface area contributed by atoms with Crippen molar-refractivity contribution in [2.45, 2.75) is 5.33 Å². The molecule has 2 aromatic rings. The summed E-state index contributed by atoms with van der Waals surface area (Å²) >= 11 is 3.19. The first-order chi connectivity index (χ1) is 9.51. The smallest absolute Gasteiger partial charge is 0.311 e. The van der Waals surface area contributed by atoms with Crippen molar-refractivity contribution in [3.63, 3.8) is 0 Å². The molecule has 0 aliphatic rings. The molecule has 104 valence electrons. The molecular formula is C13H8BrF2NO3. The van der Waals surface area contributed by atoms with E-state index in [2.05, 4.69) is 15.9 Å². The second-order valence-corrected chi connectivity index (χ2v) is 4.43. The van der Waals surface area contributed by atoms with E-state index in [1.165, 1.54) is 12.1 Å². The maximum atomic E-state index is 13.5. The summed E-state index contributed by atoms with van der Waals surface area (Å²) in [5, 5.41) is 11.4. The molecule has 4 nitrogen and oxygen atoms in total. The summed E-state index contributed by atoms with van der Waals surface area (Å²) in [7, 11) is 0. The average molecular weight is 344 g/mol. The molecule has 0 fully saturated rings. The third-order valence-electron chi connectivity index (χ3n) is 2.49. The zero-order valence-corrected chi connectivity index (χ0v) is 11.6. The number of nitrogens with zero attached hydrogens (tertiary/aromatic N) is 1. The SMILES string of the molecule is O=[N+]([O-])c1cc(CBr)ccc1Oc1ccc(F)cc1F. The van der Waals surface area contributed by atoms with Crippen LogP contribution in [0.5, 0.6) is 11.5 Å². The van der Waals surface area contributed by atoms with E-state index >= 15 is 0 Å². The van der Waals surface area contributed by atoms with Crippen LogP contribution in [0, 0.1) is 21.7 Å². The maximum absolute atomic E-state index is 13.5. The van der Waals surface area contributed by atoms with Gasteiger partial charge < -0.3 is 4.74 Å². The Bertz CT molecular complexity index is 664. The summed E-state index contributed by atoms with van der Waals surface area (Å²) in [6.45, 7) is 0. The molecule has 0 heterocycles. The van der Waals surface area contributed by atoms with Gasteiger partial charge >= 0.3 is 5.69 Å². The number of hydrogen-bond donors (Lipinski definition) is 0. The average Bonchev–Trinajstić information content (AvgIpc) is 2.42. The normalized spacial score (nSPS) is 10.3. The quantitative estimate of drug-likeness (QED) is 0.464. The number of rotatable bonds is 4. The fourth-order valence-electron chi connectivity index (χ4n) is 1.55. The van der Waals surface area contributed by atoms with Gasteiger partial charge in [0.05, 0.1) is 4.92 Å². The Morgan fingerprint density at radius 2 is 1.85 bits per heavy atom. The van der Waals surface area contributed by atoms with E-state index in [0.717, 1.165) is 12.1 Å². The predicted octanol–water partition coefficient (Wildman–Crippen LogP) is 4.56. The topological polar surface area (TPSA) is 52.4 Å². The van der Waals surface area contributed by atoms with E-state index in [1.807, 2.05) is 0 Å². The van der Waals surface area contributed by atoms with Gasteiger partial charge in [0.25, 0.3) is 0 Å². The molecule has 0 unspecified atom stereocenters. The standard InChI is InChI=1S/C13H8BrF2NO3/c14-7-8-1-3-13(11(5-8)17(18)19)20-12-4-2-9(15)6-10(12)16/h1-6H,7H2. The van der Waals surface area contributed by atoms with Crippen LogP contribution in [0.15, 0.2) is 36.4 Å². The minimum Gasteiger partial charge on any atom is -0.447 e. The molecule has 0 saturated heterocycles. The number of nitro benzene ring substituents is 1. The first-order valence-electron chi connectivity index (χ1n) is 5.47. The first kappa shape index (κ1) is 14.4. The van der Waals surface area contributed by atoms with E-state index in [9.17, 15) is 18.9 Å². The van der Waals surface area contributed by atoms with E-state index in [-0.39, 0.29) is 17.2 Å². The van der Waals surface area contributed by atoms with Crippen molar-refractivity contribution in [1.29, 1.82) is 0 Å². The fourth-order valence-corrected chi connectivity index (χ4v) is 1.90. The zero-order chi connectivity index (χ0) is 14.7. The first-order valence-corrected chi connectivity index (χ1v) is 6.59. The molecule has 0 saturated carbocycles. The second kappa shape index (κ2) is 5.96. The van der Waals surface area contributed by atoms with Crippen molar-refractivity contribution in [2.75, 3.05) is 0 Å². The van der Waals surface area contributed by atoms with Gasteiger partial charge in [-0.05, 0) is 23.8 Å². The number of hydrogen-bond acceptors (Lipinski definition) is 3. The van der Waals surface area contributed by atoms with Crippen LogP contribution >= 0.6 is 15.9 Å². The third kappa shape index (κ3) is 3.11. The Hall–Kier alpha value is -2.02. The molecule has 0 atom stereocenters. The van der Waals surface area contributed by atoms with E-state index < -0.39 is 16.6 Å². The molecule has 7 heteroatoms. The molecule has 0 bridgehead atoms. The lowest BCUT2D eigenvalue weighted by Gasteiger charge is -2.08. The van der Waals surface area contributed by atoms with Gasteiger partial charge in [0.15, 0.2) is 11.6 Å². The van der Waals surface area contributed by atoms with E-state index in [0.29, 0.717) is 17.0 Å². The van der Waals surface area contributed by atoms with Crippen LogP contribution in [-0.2, 0) is 5.33 Å². The predicted molar refractivity (Wildman–Crippen MR) is 72.2 cm³/mol. The van der Waals surface area contributed by atoms with Gasteiger partial charge in [-0.2, -0.15) is 0 Å². The number of benzene rings is 2. The summed E-state index contributed by atoms with van der Waals surface area (Å²) in [6.07, 6.45) is 0. The Morgan fingerprint density at radius 3 is 2.45 bits per heavy atom. The van der Waals surface area contributed by atoms with Crippen molar-refractivity contribution < 1.29 is 18.4 Å². The van der Waals surface area contributed by atoms with Gasteiger partial charge in [-0.1, -0.05) is 22.0 Å². The molecule has 2 aromatic carbocycles. The lowest BCUT2D eigenvalue weighted by molar-refractivity contribution is -0.385. The molecule has 0 spiro atoms. The highest BCUT2D eigenvalue weighted by molar-refractivity contribution is 9.08.